The van der Waals surface area contributed by atoms with Crippen LogP contribution in [0.5, 0.6) is 0 Å². The van der Waals surface area contributed by atoms with E-state index in [1.807, 2.05) is 6.92 Å². The number of ether oxygens (including phenoxy) is 1. The molecule has 0 spiro atoms. The van der Waals surface area contributed by atoms with E-state index < -0.39 is 0 Å². The van der Waals surface area contributed by atoms with Gasteiger partial charge in [-0.15, -0.1) is 0 Å². The molecule has 1 saturated heterocycles. The summed E-state index contributed by atoms with van der Waals surface area (Å²) in [5.74, 6) is 0.138. The molecular formula is C12H24N2O2. The number of rotatable bonds is 6. The van der Waals surface area contributed by atoms with Gasteiger partial charge in [-0.2, -0.15) is 0 Å². The van der Waals surface area contributed by atoms with Crippen LogP contribution in [0.4, 0.5) is 0 Å². The Labute approximate surface area is 98.1 Å². The van der Waals surface area contributed by atoms with Crippen molar-refractivity contribution in [2.45, 2.75) is 51.6 Å². The first kappa shape index (κ1) is 13.5. The molecule has 0 aromatic carbocycles. The van der Waals surface area contributed by atoms with Gasteiger partial charge in [-0.3, -0.25) is 4.79 Å². The maximum Gasteiger partial charge on any atom is 0.220 e. The summed E-state index contributed by atoms with van der Waals surface area (Å²) in [5.41, 5.74) is -0.136. The van der Waals surface area contributed by atoms with Crippen LogP contribution in [0.25, 0.3) is 0 Å². The van der Waals surface area contributed by atoms with Crippen LogP contribution in [-0.2, 0) is 9.53 Å². The number of amides is 1. The summed E-state index contributed by atoms with van der Waals surface area (Å²) in [6.07, 6.45) is 2.40. The van der Waals surface area contributed by atoms with Gasteiger partial charge in [-0.1, -0.05) is 13.8 Å². The molecule has 1 fully saturated rings. The van der Waals surface area contributed by atoms with Crippen LogP contribution in [-0.4, -0.2) is 37.2 Å². The van der Waals surface area contributed by atoms with E-state index in [-0.39, 0.29) is 11.4 Å². The highest BCUT2D eigenvalue weighted by molar-refractivity contribution is 5.76. The molecule has 0 saturated carbocycles. The summed E-state index contributed by atoms with van der Waals surface area (Å²) in [7, 11) is 0. The van der Waals surface area contributed by atoms with Gasteiger partial charge < -0.3 is 15.4 Å². The van der Waals surface area contributed by atoms with Gasteiger partial charge in [0.15, 0.2) is 0 Å². The third kappa shape index (κ3) is 4.94. The van der Waals surface area contributed by atoms with Crippen LogP contribution in [0.1, 0.15) is 40.0 Å². The molecule has 1 unspecified atom stereocenters. The molecule has 4 nitrogen and oxygen atoms in total. The van der Waals surface area contributed by atoms with Crippen molar-refractivity contribution in [2.75, 3.05) is 19.8 Å². The van der Waals surface area contributed by atoms with Crippen molar-refractivity contribution in [3.8, 4) is 0 Å². The minimum atomic E-state index is -0.136. The van der Waals surface area contributed by atoms with Gasteiger partial charge in [-0.05, 0) is 26.3 Å². The van der Waals surface area contributed by atoms with Crippen molar-refractivity contribution in [3.63, 3.8) is 0 Å². The molecule has 0 bridgehead atoms. The Kier molecular flexibility index (Phi) is 5.22. The lowest BCUT2D eigenvalue weighted by atomic mass is 10.0. The summed E-state index contributed by atoms with van der Waals surface area (Å²) in [6.45, 7) is 8.56. The molecule has 0 radical (unpaired) electrons. The number of hydrogen-bond donors (Lipinski definition) is 2. The van der Waals surface area contributed by atoms with Crippen LogP contribution >= 0.6 is 0 Å². The lowest BCUT2D eigenvalue weighted by Gasteiger charge is -2.23. The van der Waals surface area contributed by atoms with Crippen molar-refractivity contribution in [2.24, 2.45) is 0 Å². The SMILES string of the molecule is CC(C)NCCCC(=O)NC1(C)CCOC1. The molecule has 0 aromatic rings. The fourth-order valence-electron chi connectivity index (χ4n) is 1.80. The van der Waals surface area contributed by atoms with Crippen molar-refractivity contribution in [1.29, 1.82) is 0 Å². The summed E-state index contributed by atoms with van der Waals surface area (Å²) in [4.78, 5) is 11.7. The normalized spacial score (nSPS) is 25.0. The average Bonchev–Trinajstić information content (AvgIpc) is 2.59. The predicted octanol–water partition coefficient (Wildman–Crippen LogP) is 1.06. The van der Waals surface area contributed by atoms with Gasteiger partial charge in [-0.25, -0.2) is 0 Å². The van der Waals surface area contributed by atoms with E-state index in [1.165, 1.54) is 0 Å². The Morgan fingerprint density at radius 3 is 2.81 bits per heavy atom. The van der Waals surface area contributed by atoms with E-state index in [2.05, 4.69) is 24.5 Å². The van der Waals surface area contributed by atoms with Gasteiger partial charge in [0.05, 0.1) is 12.1 Å². The van der Waals surface area contributed by atoms with Crippen LogP contribution < -0.4 is 10.6 Å². The quantitative estimate of drug-likeness (QED) is 0.668. The Hall–Kier alpha value is -0.610. The molecule has 1 aliphatic heterocycles. The lowest BCUT2D eigenvalue weighted by Crippen LogP contribution is -2.46. The lowest BCUT2D eigenvalue weighted by molar-refractivity contribution is -0.123. The molecule has 16 heavy (non-hydrogen) atoms. The number of carbonyl (C=O) groups is 1. The van der Waals surface area contributed by atoms with Gasteiger partial charge in [0.1, 0.15) is 0 Å². The molecule has 0 aliphatic carbocycles. The van der Waals surface area contributed by atoms with Crippen LogP contribution in [0.2, 0.25) is 0 Å². The van der Waals surface area contributed by atoms with E-state index in [9.17, 15) is 4.79 Å². The minimum absolute atomic E-state index is 0.136. The third-order valence-electron chi connectivity index (χ3n) is 2.79. The second kappa shape index (κ2) is 6.21. The zero-order chi connectivity index (χ0) is 12.0. The predicted molar refractivity (Wildman–Crippen MR) is 64.4 cm³/mol. The third-order valence-corrected chi connectivity index (χ3v) is 2.79. The molecule has 1 heterocycles. The van der Waals surface area contributed by atoms with Crippen molar-refractivity contribution in [3.05, 3.63) is 0 Å². The number of nitrogens with one attached hydrogen (secondary N) is 2. The van der Waals surface area contributed by atoms with E-state index in [0.717, 1.165) is 26.0 Å². The molecule has 0 aromatic heterocycles. The van der Waals surface area contributed by atoms with E-state index in [0.29, 0.717) is 19.1 Å². The summed E-state index contributed by atoms with van der Waals surface area (Å²) >= 11 is 0. The van der Waals surface area contributed by atoms with Crippen LogP contribution in [0.15, 0.2) is 0 Å². The van der Waals surface area contributed by atoms with E-state index in [1.54, 1.807) is 0 Å². The number of hydrogen-bond acceptors (Lipinski definition) is 3. The first-order chi connectivity index (χ1) is 7.52. The van der Waals surface area contributed by atoms with E-state index >= 15 is 0 Å². The molecule has 1 atom stereocenters. The highest BCUT2D eigenvalue weighted by Crippen LogP contribution is 2.17. The first-order valence-corrected chi connectivity index (χ1v) is 6.14. The Morgan fingerprint density at radius 2 is 2.25 bits per heavy atom. The minimum Gasteiger partial charge on any atom is -0.379 e. The van der Waals surface area contributed by atoms with Gasteiger partial charge >= 0.3 is 0 Å². The summed E-state index contributed by atoms with van der Waals surface area (Å²) in [5, 5.41) is 6.35. The fourth-order valence-corrected chi connectivity index (χ4v) is 1.80. The molecule has 1 amide bonds. The fraction of sp³-hybridized carbons (Fsp3) is 0.917. The highest BCUT2D eigenvalue weighted by atomic mass is 16.5. The zero-order valence-electron chi connectivity index (χ0n) is 10.6. The Bertz CT molecular complexity index is 223. The first-order valence-electron chi connectivity index (χ1n) is 6.14. The standard InChI is InChI=1S/C12H24N2O2/c1-10(2)13-7-4-5-11(15)14-12(3)6-8-16-9-12/h10,13H,4-9H2,1-3H3,(H,14,15). The van der Waals surface area contributed by atoms with E-state index in [4.69, 9.17) is 4.74 Å². The zero-order valence-corrected chi connectivity index (χ0v) is 10.6. The van der Waals surface area contributed by atoms with Gasteiger partial charge in [0, 0.05) is 19.1 Å². The molecule has 2 N–H and O–H groups in total. The molecule has 4 heteroatoms. The highest BCUT2D eigenvalue weighted by Gasteiger charge is 2.30. The molecule has 1 aliphatic rings. The maximum absolute atomic E-state index is 11.7. The van der Waals surface area contributed by atoms with Crippen molar-refractivity contribution in [1.82, 2.24) is 10.6 Å². The van der Waals surface area contributed by atoms with Crippen LogP contribution in [0, 0.1) is 0 Å². The van der Waals surface area contributed by atoms with Gasteiger partial charge in [0.2, 0.25) is 5.91 Å². The second-order valence-electron chi connectivity index (χ2n) is 5.12. The smallest absolute Gasteiger partial charge is 0.220 e. The van der Waals surface area contributed by atoms with Crippen molar-refractivity contribution >= 4 is 5.91 Å². The Balaban J connectivity index is 2.11. The second-order valence-corrected chi connectivity index (χ2v) is 5.12. The Morgan fingerprint density at radius 1 is 1.50 bits per heavy atom. The molecule has 1 rings (SSSR count). The topological polar surface area (TPSA) is 50.4 Å². The van der Waals surface area contributed by atoms with Crippen LogP contribution in [0.3, 0.4) is 0 Å². The summed E-state index contributed by atoms with van der Waals surface area (Å²) in [6, 6.07) is 0.490. The maximum atomic E-state index is 11.7. The van der Waals surface area contributed by atoms with Crippen molar-refractivity contribution < 1.29 is 9.53 Å². The molecule has 94 valence electrons. The number of carbonyl (C=O) groups excluding carboxylic acids is 1. The monoisotopic (exact) mass is 228 g/mol. The molecular weight excluding hydrogens is 204 g/mol. The average molecular weight is 228 g/mol. The summed E-state index contributed by atoms with van der Waals surface area (Å²) < 4.78 is 5.29. The van der Waals surface area contributed by atoms with Gasteiger partial charge in [0.25, 0.3) is 0 Å². The largest absolute Gasteiger partial charge is 0.379 e.